The number of fused-ring (bicyclic) bond motifs is 1. The summed E-state index contributed by atoms with van der Waals surface area (Å²) in [5, 5.41) is 12.1. The Morgan fingerprint density at radius 3 is 2.58 bits per heavy atom. The van der Waals surface area contributed by atoms with Gasteiger partial charge in [0.25, 0.3) is 0 Å². The molecule has 3 rings (SSSR count). The molecule has 0 radical (unpaired) electrons. The number of nitrogens with zero attached hydrogens (tertiary/aromatic N) is 2. The van der Waals surface area contributed by atoms with Crippen molar-refractivity contribution in [2.45, 2.75) is 32.5 Å². The summed E-state index contributed by atoms with van der Waals surface area (Å²) in [4.78, 5) is 27.9. The summed E-state index contributed by atoms with van der Waals surface area (Å²) in [6.45, 7) is 2.47. The van der Waals surface area contributed by atoms with E-state index < -0.39 is 12.0 Å². The zero-order chi connectivity index (χ0) is 15.7. The maximum absolute atomic E-state index is 12.4. The largest absolute Gasteiger partial charge is 0.480 e. The summed E-state index contributed by atoms with van der Waals surface area (Å²) >= 11 is 0. The predicted molar refractivity (Wildman–Crippen MR) is 94.2 cm³/mol. The van der Waals surface area contributed by atoms with Crippen molar-refractivity contribution < 1.29 is 14.7 Å². The van der Waals surface area contributed by atoms with Gasteiger partial charge in [-0.25, -0.2) is 4.98 Å². The van der Waals surface area contributed by atoms with E-state index in [2.05, 4.69) is 10.3 Å². The van der Waals surface area contributed by atoms with Crippen LogP contribution in [-0.4, -0.2) is 32.5 Å². The molecular formula is C16H19Cl2N3O3. The van der Waals surface area contributed by atoms with E-state index in [0.29, 0.717) is 18.5 Å². The Hall–Kier alpha value is -1.89. The topological polar surface area (TPSA) is 84.2 Å². The SMILES string of the molecule is Cc1nc2c(n1CC(=O)c1ccccc1)CNC(C(=O)O)C2.Cl.Cl. The average molecular weight is 372 g/mol. The Morgan fingerprint density at radius 2 is 1.96 bits per heavy atom. The fraction of sp³-hybridized carbons (Fsp3) is 0.312. The third-order valence-electron chi connectivity index (χ3n) is 3.96. The molecule has 6 nitrogen and oxygen atoms in total. The third kappa shape index (κ3) is 3.95. The number of carboxylic acid groups (broad SMARTS) is 1. The number of carbonyl (C=O) groups excluding carboxylic acids is 1. The van der Waals surface area contributed by atoms with Crippen LogP contribution >= 0.6 is 24.8 Å². The first-order valence-corrected chi connectivity index (χ1v) is 7.15. The lowest BCUT2D eigenvalue weighted by molar-refractivity contribution is -0.139. The maximum atomic E-state index is 12.4. The Morgan fingerprint density at radius 1 is 1.29 bits per heavy atom. The Balaban J connectivity index is 0.00000144. The molecule has 8 heteroatoms. The Bertz CT molecular complexity index is 732. The lowest BCUT2D eigenvalue weighted by Gasteiger charge is -2.21. The van der Waals surface area contributed by atoms with E-state index in [1.165, 1.54) is 0 Å². The van der Waals surface area contributed by atoms with Gasteiger partial charge in [0.05, 0.1) is 17.9 Å². The number of rotatable bonds is 4. The van der Waals surface area contributed by atoms with Gasteiger partial charge in [-0.3, -0.25) is 14.9 Å². The zero-order valence-corrected chi connectivity index (χ0v) is 14.7. The fourth-order valence-corrected chi connectivity index (χ4v) is 2.76. The predicted octanol–water partition coefficient (Wildman–Crippen LogP) is 2.02. The molecule has 0 bridgehead atoms. The molecule has 2 heterocycles. The standard InChI is InChI=1S/C16H17N3O3.2ClH/c1-10-18-12-7-13(16(21)22)17-8-14(12)19(10)9-15(20)11-5-3-2-4-6-11;;/h2-6,13,17H,7-9H2,1H3,(H,21,22);2*1H. The highest BCUT2D eigenvalue weighted by Crippen LogP contribution is 2.19. The van der Waals surface area contributed by atoms with E-state index in [-0.39, 0.29) is 37.1 Å². The van der Waals surface area contributed by atoms with E-state index in [1.54, 1.807) is 12.1 Å². The molecule has 2 aromatic rings. The molecule has 0 amide bonds. The van der Waals surface area contributed by atoms with Crippen LogP contribution in [0.5, 0.6) is 0 Å². The Kier molecular flexibility index (Phi) is 6.95. The first-order chi connectivity index (χ1) is 10.6. The van der Waals surface area contributed by atoms with Crippen molar-refractivity contribution in [1.29, 1.82) is 0 Å². The minimum Gasteiger partial charge on any atom is -0.480 e. The van der Waals surface area contributed by atoms with E-state index in [9.17, 15) is 9.59 Å². The molecule has 1 unspecified atom stereocenters. The van der Waals surface area contributed by atoms with Crippen molar-refractivity contribution in [3.05, 3.63) is 53.1 Å². The lowest BCUT2D eigenvalue weighted by Crippen LogP contribution is -2.42. The monoisotopic (exact) mass is 371 g/mol. The van der Waals surface area contributed by atoms with E-state index in [4.69, 9.17) is 5.11 Å². The van der Waals surface area contributed by atoms with Gasteiger partial charge in [0.15, 0.2) is 5.78 Å². The number of hydrogen-bond acceptors (Lipinski definition) is 4. The van der Waals surface area contributed by atoms with Crippen LogP contribution in [0.3, 0.4) is 0 Å². The molecule has 0 saturated carbocycles. The van der Waals surface area contributed by atoms with Crippen LogP contribution in [-0.2, 0) is 24.3 Å². The average Bonchev–Trinajstić information content (AvgIpc) is 2.83. The van der Waals surface area contributed by atoms with E-state index in [0.717, 1.165) is 17.2 Å². The number of hydrogen-bond donors (Lipinski definition) is 2. The van der Waals surface area contributed by atoms with Crippen LogP contribution in [0.4, 0.5) is 0 Å². The number of aliphatic carboxylic acids is 1. The van der Waals surface area contributed by atoms with Crippen LogP contribution < -0.4 is 5.32 Å². The zero-order valence-electron chi connectivity index (χ0n) is 13.1. The highest BCUT2D eigenvalue weighted by molar-refractivity contribution is 5.95. The minimum atomic E-state index is -0.877. The number of aromatic nitrogens is 2. The highest BCUT2D eigenvalue weighted by atomic mass is 35.5. The number of ketones is 1. The summed E-state index contributed by atoms with van der Waals surface area (Å²) in [7, 11) is 0. The third-order valence-corrected chi connectivity index (χ3v) is 3.96. The van der Waals surface area contributed by atoms with Gasteiger partial charge < -0.3 is 9.67 Å². The van der Waals surface area contributed by atoms with Crippen LogP contribution in [0.1, 0.15) is 27.6 Å². The van der Waals surface area contributed by atoms with Crippen molar-refractivity contribution in [1.82, 2.24) is 14.9 Å². The molecule has 2 N–H and O–H groups in total. The molecule has 1 aliphatic rings. The second-order valence-corrected chi connectivity index (χ2v) is 5.40. The van der Waals surface area contributed by atoms with Gasteiger partial charge >= 0.3 is 5.97 Å². The molecule has 1 atom stereocenters. The lowest BCUT2D eigenvalue weighted by atomic mass is 10.1. The molecule has 1 aromatic heterocycles. The normalized spacial score (nSPS) is 15.6. The van der Waals surface area contributed by atoms with Gasteiger partial charge in [-0.1, -0.05) is 30.3 Å². The number of nitrogens with one attached hydrogen (secondary N) is 1. The molecule has 0 saturated heterocycles. The summed E-state index contributed by atoms with van der Waals surface area (Å²) < 4.78 is 1.87. The summed E-state index contributed by atoms with van der Waals surface area (Å²) in [6, 6.07) is 8.52. The number of Topliss-reactive ketones (excluding diaryl/α,β-unsaturated/α-hetero) is 1. The minimum absolute atomic E-state index is 0. The van der Waals surface area contributed by atoms with Crippen molar-refractivity contribution in [3.63, 3.8) is 0 Å². The van der Waals surface area contributed by atoms with Crippen molar-refractivity contribution in [2.24, 2.45) is 0 Å². The van der Waals surface area contributed by atoms with Crippen LogP contribution in [0.25, 0.3) is 0 Å². The van der Waals surface area contributed by atoms with Gasteiger partial charge in [0.2, 0.25) is 0 Å². The smallest absolute Gasteiger partial charge is 0.321 e. The second kappa shape index (κ2) is 8.28. The highest BCUT2D eigenvalue weighted by Gasteiger charge is 2.28. The maximum Gasteiger partial charge on any atom is 0.321 e. The van der Waals surface area contributed by atoms with Crippen LogP contribution in [0.15, 0.2) is 30.3 Å². The number of carbonyl (C=O) groups is 2. The molecule has 1 aromatic carbocycles. The van der Waals surface area contributed by atoms with Gasteiger partial charge in [0, 0.05) is 18.5 Å². The van der Waals surface area contributed by atoms with Crippen molar-refractivity contribution in [3.8, 4) is 0 Å². The van der Waals surface area contributed by atoms with E-state index in [1.807, 2.05) is 29.7 Å². The molecule has 1 aliphatic heterocycles. The number of imidazole rings is 1. The van der Waals surface area contributed by atoms with Crippen molar-refractivity contribution >= 4 is 36.6 Å². The van der Waals surface area contributed by atoms with Crippen LogP contribution in [0.2, 0.25) is 0 Å². The summed E-state index contributed by atoms with van der Waals surface area (Å²) in [5.41, 5.74) is 2.33. The summed E-state index contributed by atoms with van der Waals surface area (Å²) in [6.07, 6.45) is 0.345. The molecule has 0 aliphatic carbocycles. The molecule has 24 heavy (non-hydrogen) atoms. The number of benzene rings is 1. The van der Waals surface area contributed by atoms with Crippen LogP contribution in [0, 0.1) is 6.92 Å². The fourth-order valence-electron chi connectivity index (χ4n) is 2.76. The molecular weight excluding hydrogens is 353 g/mol. The first kappa shape index (κ1) is 20.2. The molecule has 0 fully saturated rings. The Labute approximate surface area is 152 Å². The molecule has 0 spiro atoms. The number of carboxylic acids is 1. The van der Waals surface area contributed by atoms with Gasteiger partial charge in [-0.2, -0.15) is 0 Å². The first-order valence-electron chi connectivity index (χ1n) is 7.15. The van der Waals surface area contributed by atoms with Crippen molar-refractivity contribution in [2.75, 3.05) is 0 Å². The number of aryl methyl sites for hydroxylation is 1. The van der Waals surface area contributed by atoms with E-state index >= 15 is 0 Å². The van der Waals surface area contributed by atoms with Gasteiger partial charge in [-0.15, -0.1) is 24.8 Å². The quantitative estimate of drug-likeness (QED) is 0.803. The summed E-state index contributed by atoms with van der Waals surface area (Å²) in [5.74, 6) is -0.121. The van der Waals surface area contributed by atoms with Gasteiger partial charge in [-0.05, 0) is 6.92 Å². The van der Waals surface area contributed by atoms with Gasteiger partial charge in [0.1, 0.15) is 11.9 Å². The number of halogens is 2. The molecule has 130 valence electrons. The second-order valence-electron chi connectivity index (χ2n) is 5.40.